The molecule has 1 aromatic rings. The van der Waals surface area contributed by atoms with E-state index in [2.05, 4.69) is 9.47 Å². The average molecular weight is 328 g/mol. The molecule has 1 atom stereocenters. The largest absolute Gasteiger partial charge is 0.468 e. The normalized spacial score (nSPS) is 12.1. The maximum absolute atomic E-state index is 12.0. The number of halogens is 1. The number of nitrogens with zero attached hydrogens (tertiary/aromatic N) is 1. The van der Waals surface area contributed by atoms with Gasteiger partial charge in [0.15, 0.2) is 0 Å². The van der Waals surface area contributed by atoms with Crippen molar-refractivity contribution >= 4 is 35.3 Å². The van der Waals surface area contributed by atoms with E-state index >= 15 is 0 Å². The van der Waals surface area contributed by atoms with Gasteiger partial charge in [0.1, 0.15) is 5.40 Å². The Labute approximate surface area is 132 Å². The van der Waals surface area contributed by atoms with Gasteiger partial charge in [-0.1, -0.05) is 30.3 Å². The summed E-state index contributed by atoms with van der Waals surface area (Å²) < 4.78 is 7.51. The SMILES string of the molecule is COC(=O)C(CC(Cl)c1ccccc1)(SC#N)C(=O)OC. The van der Waals surface area contributed by atoms with Crippen LogP contribution in [0.5, 0.6) is 0 Å². The lowest BCUT2D eigenvalue weighted by atomic mass is 9.98. The molecule has 0 saturated heterocycles. The minimum atomic E-state index is -1.81. The Balaban J connectivity index is 3.15. The Morgan fingerprint density at radius 2 is 1.81 bits per heavy atom. The molecule has 0 saturated carbocycles. The third kappa shape index (κ3) is 3.90. The minimum Gasteiger partial charge on any atom is -0.468 e. The summed E-state index contributed by atoms with van der Waals surface area (Å²) in [5.41, 5.74) is 0.731. The number of alkyl halides is 1. The number of hydrogen-bond donors (Lipinski definition) is 0. The van der Waals surface area contributed by atoms with E-state index in [1.165, 1.54) is 0 Å². The molecule has 0 aliphatic heterocycles. The Bertz CT molecular complexity index is 528. The van der Waals surface area contributed by atoms with Crippen LogP contribution in [0.1, 0.15) is 17.4 Å². The van der Waals surface area contributed by atoms with Gasteiger partial charge >= 0.3 is 11.9 Å². The van der Waals surface area contributed by atoms with Crippen molar-refractivity contribution in [2.24, 2.45) is 0 Å². The topological polar surface area (TPSA) is 76.4 Å². The number of benzene rings is 1. The Kier molecular flexibility index (Phi) is 6.53. The van der Waals surface area contributed by atoms with Gasteiger partial charge in [0, 0.05) is 6.42 Å². The van der Waals surface area contributed by atoms with Crippen molar-refractivity contribution < 1.29 is 19.1 Å². The van der Waals surface area contributed by atoms with Gasteiger partial charge in [0.25, 0.3) is 0 Å². The molecule has 1 aromatic carbocycles. The number of carbonyl (C=O) groups is 2. The summed E-state index contributed by atoms with van der Waals surface area (Å²) in [7, 11) is 2.29. The third-order valence-electron chi connectivity index (χ3n) is 2.88. The molecule has 0 aromatic heterocycles. The zero-order chi connectivity index (χ0) is 15.9. The molecule has 0 heterocycles. The lowest BCUT2D eigenvalue weighted by Gasteiger charge is -2.26. The summed E-state index contributed by atoms with van der Waals surface area (Å²) in [4.78, 5) is 24.1. The molecule has 0 spiro atoms. The number of thiocyanates is 1. The number of ether oxygens (including phenoxy) is 2. The first-order valence-corrected chi connectivity index (χ1v) is 7.20. The number of hydrogen-bond acceptors (Lipinski definition) is 6. The van der Waals surface area contributed by atoms with E-state index in [-0.39, 0.29) is 6.42 Å². The van der Waals surface area contributed by atoms with Crippen LogP contribution in [0.2, 0.25) is 0 Å². The number of nitriles is 1. The van der Waals surface area contributed by atoms with Crippen LogP contribution in [-0.2, 0) is 19.1 Å². The first-order chi connectivity index (χ1) is 10.0. The van der Waals surface area contributed by atoms with Gasteiger partial charge in [0.2, 0.25) is 4.75 Å². The van der Waals surface area contributed by atoms with Crippen LogP contribution in [0, 0.1) is 10.7 Å². The van der Waals surface area contributed by atoms with Gasteiger partial charge in [-0.15, -0.1) is 11.6 Å². The van der Waals surface area contributed by atoms with E-state index in [0.29, 0.717) is 11.8 Å². The fourth-order valence-corrected chi connectivity index (χ4v) is 3.02. The number of carbonyl (C=O) groups excluding carboxylic acids is 2. The molecule has 0 amide bonds. The van der Waals surface area contributed by atoms with E-state index in [4.69, 9.17) is 16.9 Å². The third-order valence-corrected chi connectivity index (χ3v) is 4.22. The fourth-order valence-electron chi connectivity index (χ4n) is 1.81. The van der Waals surface area contributed by atoms with Crippen molar-refractivity contribution in [3.05, 3.63) is 35.9 Å². The van der Waals surface area contributed by atoms with Gasteiger partial charge < -0.3 is 9.47 Å². The quantitative estimate of drug-likeness (QED) is 0.346. The van der Waals surface area contributed by atoms with Crippen LogP contribution < -0.4 is 0 Å². The van der Waals surface area contributed by atoms with Gasteiger partial charge in [-0.05, 0) is 17.3 Å². The minimum absolute atomic E-state index is 0.115. The molecule has 5 nitrogen and oxygen atoms in total. The smallest absolute Gasteiger partial charge is 0.334 e. The lowest BCUT2D eigenvalue weighted by molar-refractivity contribution is -0.156. The van der Waals surface area contributed by atoms with Crippen molar-refractivity contribution in [1.82, 2.24) is 0 Å². The van der Waals surface area contributed by atoms with Crippen LogP contribution in [0.25, 0.3) is 0 Å². The van der Waals surface area contributed by atoms with Crippen LogP contribution in [0.3, 0.4) is 0 Å². The zero-order valence-corrected chi connectivity index (χ0v) is 13.1. The highest BCUT2D eigenvalue weighted by atomic mass is 35.5. The second-order valence-corrected chi connectivity index (χ2v) is 5.70. The molecule has 0 fully saturated rings. The highest BCUT2D eigenvalue weighted by molar-refractivity contribution is 8.06. The van der Waals surface area contributed by atoms with Crippen molar-refractivity contribution in [3.63, 3.8) is 0 Å². The summed E-state index contributed by atoms with van der Waals surface area (Å²) in [5, 5.41) is 10.0. The van der Waals surface area contributed by atoms with Crippen molar-refractivity contribution in [2.45, 2.75) is 16.5 Å². The second-order valence-electron chi connectivity index (χ2n) is 4.09. The molecule has 7 heteroatoms. The van der Waals surface area contributed by atoms with E-state index < -0.39 is 22.1 Å². The highest BCUT2D eigenvalue weighted by Gasteiger charge is 2.51. The summed E-state index contributed by atoms with van der Waals surface area (Å²) in [6.45, 7) is 0. The predicted octanol–water partition coefficient (Wildman–Crippen LogP) is 2.66. The van der Waals surface area contributed by atoms with Crippen LogP contribution >= 0.6 is 23.4 Å². The summed E-state index contributed by atoms with van der Waals surface area (Å²) in [6.07, 6.45) is -0.115. The number of thioether (sulfide) groups is 1. The van der Waals surface area contributed by atoms with Crippen molar-refractivity contribution in [2.75, 3.05) is 14.2 Å². The van der Waals surface area contributed by atoms with Crippen LogP contribution in [0.15, 0.2) is 30.3 Å². The summed E-state index contributed by atoms with van der Waals surface area (Å²) >= 11 is 6.77. The van der Waals surface area contributed by atoms with Crippen molar-refractivity contribution in [3.8, 4) is 5.40 Å². The summed E-state index contributed by atoms with van der Waals surface area (Å²) in [6, 6.07) is 8.95. The van der Waals surface area contributed by atoms with Crippen LogP contribution in [-0.4, -0.2) is 30.9 Å². The highest BCUT2D eigenvalue weighted by Crippen LogP contribution is 2.39. The summed E-state index contributed by atoms with van der Waals surface area (Å²) in [5.74, 6) is -1.72. The number of esters is 2. The molecule has 1 unspecified atom stereocenters. The molecule has 0 bridgehead atoms. The van der Waals surface area contributed by atoms with E-state index in [0.717, 1.165) is 19.8 Å². The Morgan fingerprint density at radius 1 is 1.29 bits per heavy atom. The maximum atomic E-state index is 12.0. The molecule has 0 N–H and O–H groups in total. The van der Waals surface area contributed by atoms with Gasteiger partial charge in [-0.3, -0.25) is 0 Å². The maximum Gasteiger partial charge on any atom is 0.334 e. The number of rotatable bonds is 6. The molecule has 0 aliphatic carbocycles. The van der Waals surface area contributed by atoms with Gasteiger partial charge in [0.05, 0.1) is 19.6 Å². The molecule has 21 heavy (non-hydrogen) atoms. The molecule has 0 radical (unpaired) electrons. The monoisotopic (exact) mass is 327 g/mol. The van der Waals surface area contributed by atoms with Gasteiger partial charge in [-0.25, -0.2) is 9.59 Å². The standard InChI is InChI=1S/C14H14ClNO4S/c1-19-12(17)14(21-9-16,13(18)20-2)8-11(15)10-6-4-3-5-7-10/h3-7,11H,8H2,1-2H3. The molecule has 0 aliphatic rings. The fraction of sp³-hybridized carbons (Fsp3) is 0.357. The van der Waals surface area contributed by atoms with Crippen LogP contribution in [0.4, 0.5) is 0 Å². The van der Waals surface area contributed by atoms with Crippen molar-refractivity contribution in [1.29, 1.82) is 5.26 Å². The lowest BCUT2D eigenvalue weighted by Crippen LogP contribution is -2.45. The van der Waals surface area contributed by atoms with Gasteiger partial charge in [-0.2, -0.15) is 5.26 Å². The Morgan fingerprint density at radius 3 is 2.24 bits per heavy atom. The predicted molar refractivity (Wildman–Crippen MR) is 79.6 cm³/mol. The van der Waals surface area contributed by atoms with E-state index in [9.17, 15) is 9.59 Å². The number of methoxy groups -OCH3 is 2. The van der Waals surface area contributed by atoms with E-state index in [1.54, 1.807) is 29.7 Å². The second kappa shape index (κ2) is 7.91. The molecular weight excluding hydrogens is 314 g/mol. The first-order valence-electron chi connectivity index (χ1n) is 5.94. The molecule has 112 valence electrons. The first kappa shape index (κ1) is 17.3. The van der Waals surface area contributed by atoms with E-state index in [1.807, 2.05) is 6.07 Å². The zero-order valence-electron chi connectivity index (χ0n) is 11.5. The molecular formula is C14H14ClNO4S. The molecule has 1 rings (SSSR count). The average Bonchev–Trinajstić information content (AvgIpc) is 2.53. The Hall–Kier alpha value is -1.71.